The number of hydrogen-bond donors (Lipinski definition) is 0. The summed E-state index contributed by atoms with van der Waals surface area (Å²) in [4.78, 5) is 0. The third-order valence-electron chi connectivity index (χ3n) is 3.43. The van der Waals surface area contributed by atoms with Gasteiger partial charge in [-0.2, -0.15) is 5.10 Å². The van der Waals surface area contributed by atoms with Crippen LogP contribution in [0.15, 0.2) is 12.3 Å². The van der Waals surface area contributed by atoms with Gasteiger partial charge in [-0.15, -0.1) is 0 Å². The lowest BCUT2D eigenvalue weighted by Gasteiger charge is -2.21. The average Bonchev–Trinajstić information content (AvgIpc) is 2.79. The van der Waals surface area contributed by atoms with E-state index in [-0.39, 0.29) is 0 Å². The average molecular weight is 285 g/mol. The van der Waals surface area contributed by atoms with Crippen LogP contribution in [-0.2, 0) is 6.42 Å². The number of nitrogens with zero attached hydrogens (tertiary/aromatic N) is 2. The fourth-order valence-corrected chi connectivity index (χ4v) is 2.86. The van der Waals surface area contributed by atoms with Crippen LogP contribution in [-0.4, -0.2) is 15.1 Å². The van der Waals surface area contributed by atoms with Gasteiger partial charge < -0.3 is 0 Å². The molecule has 1 aromatic heterocycles. The summed E-state index contributed by atoms with van der Waals surface area (Å²) in [6.07, 6.45) is 12.6. The summed E-state index contributed by atoms with van der Waals surface area (Å²) in [6, 6.07) is 2.88. The van der Waals surface area contributed by atoms with Gasteiger partial charge >= 0.3 is 0 Å². The van der Waals surface area contributed by atoms with Crippen LogP contribution in [0.5, 0.6) is 0 Å². The van der Waals surface area contributed by atoms with Gasteiger partial charge in [-0.05, 0) is 38.2 Å². The molecule has 0 unspecified atom stereocenters. The Balaban J connectivity index is 1.85. The molecule has 1 saturated carbocycles. The second kappa shape index (κ2) is 6.43. The van der Waals surface area contributed by atoms with E-state index in [4.69, 9.17) is 5.10 Å². The zero-order valence-corrected chi connectivity index (χ0v) is 11.5. The Morgan fingerprint density at radius 3 is 2.81 bits per heavy atom. The molecule has 1 aromatic rings. The molecule has 0 radical (unpaired) electrons. The molecule has 2 rings (SSSR count). The smallest absolute Gasteiger partial charge is 0.0624 e. The molecule has 0 amide bonds. The molecule has 0 bridgehead atoms. The van der Waals surface area contributed by atoms with Crippen molar-refractivity contribution in [3.63, 3.8) is 0 Å². The van der Waals surface area contributed by atoms with Crippen LogP contribution >= 0.6 is 15.9 Å². The van der Waals surface area contributed by atoms with Gasteiger partial charge in [0.25, 0.3) is 0 Å². The second-order valence-electron chi connectivity index (χ2n) is 4.73. The Hall–Kier alpha value is -0.310. The molecular formula is C13H21BrN2. The normalized spacial score (nSPS) is 17.8. The number of unbranched alkanes of at least 4 members (excludes halogenated alkanes) is 1. The zero-order chi connectivity index (χ0) is 11.2. The molecule has 1 aliphatic rings. The molecule has 0 aromatic carbocycles. The van der Waals surface area contributed by atoms with Crippen LogP contribution in [0.1, 0.15) is 56.7 Å². The fourth-order valence-electron chi connectivity index (χ4n) is 2.46. The van der Waals surface area contributed by atoms with E-state index in [0.29, 0.717) is 6.04 Å². The summed E-state index contributed by atoms with van der Waals surface area (Å²) in [5.41, 5.74) is 1.27. The van der Waals surface area contributed by atoms with Crippen molar-refractivity contribution >= 4 is 15.9 Å². The first kappa shape index (κ1) is 12.2. The molecule has 3 heteroatoms. The van der Waals surface area contributed by atoms with E-state index in [0.717, 1.165) is 11.8 Å². The highest BCUT2D eigenvalue weighted by molar-refractivity contribution is 9.09. The quantitative estimate of drug-likeness (QED) is 0.588. The Bertz CT molecular complexity index is 303. The van der Waals surface area contributed by atoms with Gasteiger partial charge in [-0.1, -0.05) is 35.2 Å². The van der Waals surface area contributed by atoms with Gasteiger partial charge in [-0.25, -0.2) is 0 Å². The van der Waals surface area contributed by atoms with Crippen LogP contribution in [0, 0.1) is 0 Å². The van der Waals surface area contributed by atoms with Gasteiger partial charge in [0, 0.05) is 11.5 Å². The maximum atomic E-state index is 4.71. The van der Waals surface area contributed by atoms with E-state index < -0.39 is 0 Å². The maximum Gasteiger partial charge on any atom is 0.0624 e. The Labute approximate surface area is 107 Å². The maximum absolute atomic E-state index is 4.71. The monoisotopic (exact) mass is 284 g/mol. The van der Waals surface area contributed by atoms with Gasteiger partial charge in [0.1, 0.15) is 0 Å². The van der Waals surface area contributed by atoms with Crippen molar-refractivity contribution in [2.45, 2.75) is 57.4 Å². The SMILES string of the molecule is BrCCCCc1ccn(C2CCCCC2)n1. The second-order valence-corrected chi connectivity index (χ2v) is 5.52. The minimum absolute atomic E-state index is 0.679. The molecule has 2 nitrogen and oxygen atoms in total. The fraction of sp³-hybridized carbons (Fsp3) is 0.769. The van der Waals surface area contributed by atoms with Crippen molar-refractivity contribution in [2.75, 3.05) is 5.33 Å². The zero-order valence-electron chi connectivity index (χ0n) is 9.87. The van der Waals surface area contributed by atoms with Crippen molar-refractivity contribution < 1.29 is 0 Å². The number of aryl methyl sites for hydroxylation is 1. The van der Waals surface area contributed by atoms with Crippen LogP contribution in [0.3, 0.4) is 0 Å². The minimum atomic E-state index is 0.679. The molecule has 1 fully saturated rings. The highest BCUT2D eigenvalue weighted by Gasteiger charge is 2.15. The highest BCUT2D eigenvalue weighted by atomic mass is 79.9. The van der Waals surface area contributed by atoms with Crippen LogP contribution in [0.25, 0.3) is 0 Å². The Morgan fingerprint density at radius 2 is 2.06 bits per heavy atom. The summed E-state index contributed by atoms with van der Waals surface area (Å²) in [7, 11) is 0. The largest absolute Gasteiger partial charge is 0.269 e. The van der Waals surface area contributed by atoms with Crippen molar-refractivity contribution in [3.05, 3.63) is 18.0 Å². The molecular weight excluding hydrogens is 264 g/mol. The number of aromatic nitrogens is 2. The molecule has 1 heterocycles. The standard InChI is InChI=1S/C13H21BrN2/c14-10-5-4-6-12-9-11-16(15-12)13-7-2-1-3-8-13/h9,11,13H,1-8,10H2. The number of halogens is 1. The van der Waals surface area contributed by atoms with Crippen molar-refractivity contribution in [2.24, 2.45) is 0 Å². The molecule has 90 valence electrons. The first-order valence-electron chi connectivity index (χ1n) is 6.50. The van der Waals surface area contributed by atoms with Crippen molar-refractivity contribution in [1.82, 2.24) is 9.78 Å². The molecule has 16 heavy (non-hydrogen) atoms. The first-order valence-corrected chi connectivity index (χ1v) is 7.62. The first-order chi connectivity index (χ1) is 7.90. The van der Waals surface area contributed by atoms with E-state index in [9.17, 15) is 0 Å². The van der Waals surface area contributed by atoms with E-state index >= 15 is 0 Å². The molecule has 0 atom stereocenters. The van der Waals surface area contributed by atoms with Gasteiger partial charge in [0.15, 0.2) is 0 Å². The predicted octanol–water partition coefficient (Wildman–Crippen LogP) is 4.11. The van der Waals surface area contributed by atoms with E-state index in [1.807, 2.05) is 0 Å². The summed E-state index contributed by atoms with van der Waals surface area (Å²) in [5, 5.41) is 5.81. The number of hydrogen-bond acceptors (Lipinski definition) is 1. The van der Waals surface area contributed by atoms with Crippen LogP contribution in [0.2, 0.25) is 0 Å². The Morgan fingerprint density at radius 1 is 1.25 bits per heavy atom. The third-order valence-corrected chi connectivity index (χ3v) is 3.99. The van der Waals surface area contributed by atoms with Crippen molar-refractivity contribution in [1.29, 1.82) is 0 Å². The Kier molecular flexibility index (Phi) is 4.89. The third kappa shape index (κ3) is 3.34. The summed E-state index contributed by atoms with van der Waals surface area (Å²) >= 11 is 3.47. The van der Waals surface area contributed by atoms with Crippen molar-refractivity contribution in [3.8, 4) is 0 Å². The molecule has 0 N–H and O–H groups in total. The number of alkyl halides is 1. The molecule has 0 spiro atoms. The molecule has 0 aliphatic heterocycles. The minimum Gasteiger partial charge on any atom is -0.269 e. The van der Waals surface area contributed by atoms with Gasteiger partial charge in [0.2, 0.25) is 0 Å². The summed E-state index contributed by atoms with van der Waals surface area (Å²) in [5.74, 6) is 0. The lowest BCUT2D eigenvalue weighted by Crippen LogP contribution is -2.13. The van der Waals surface area contributed by atoms with Gasteiger partial charge in [-0.3, -0.25) is 4.68 Å². The summed E-state index contributed by atoms with van der Waals surface area (Å²) < 4.78 is 2.21. The topological polar surface area (TPSA) is 17.8 Å². The van der Waals surface area contributed by atoms with Crippen LogP contribution < -0.4 is 0 Å². The molecule has 1 aliphatic carbocycles. The van der Waals surface area contributed by atoms with E-state index in [1.165, 1.54) is 50.6 Å². The van der Waals surface area contributed by atoms with Gasteiger partial charge in [0.05, 0.1) is 11.7 Å². The molecule has 0 saturated heterocycles. The predicted molar refractivity (Wildman–Crippen MR) is 71.1 cm³/mol. The van der Waals surface area contributed by atoms with Crippen LogP contribution in [0.4, 0.5) is 0 Å². The number of rotatable bonds is 5. The van der Waals surface area contributed by atoms with E-state index in [2.05, 4.69) is 32.9 Å². The van der Waals surface area contributed by atoms with E-state index in [1.54, 1.807) is 0 Å². The highest BCUT2D eigenvalue weighted by Crippen LogP contribution is 2.27. The lowest BCUT2D eigenvalue weighted by molar-refractivity contribution is 0.328. The summed E-state index contributed by atoms with van der Waals surface area (Å²) in [6.45, 7) is 0. The lowest BCUT2D eigenvalue weighted by atomic mass is 9.96.